The van der Waals surface area contributed by atoms with E-state index in [0.717, 1.165) is 4.88 Å². The van der Waals surface area contributed by atoms with Crippen molar-refractivity contribution in [3.05, 3.63) is 34.0 Å². The second-order valence-electron chi connectivity index (χ2n) is 5.96. The monoisotopic (exact) mass is 421 g/mol. The molecule has 1 heterocycles. The first kappa shape index (κ1) is 22.2. The topological polar surface area (TPSA) is 100 Å². The molecule has 2 aromatic rings. The Kier molecular flexibility index (Phi) is 8.02. The quantitative estimate of drug-likeness (QED) is 0.464. The molecule has 0 radical (unpaired) electrons. The number of hydrogen-bond donors (Lipinski definition) is 1. The summed E-state index contributed by atoms with van der Waals surface area (Å²) in [6.45, 7) is 1.43. The van der Waals surface area contributed by atoms with Crippen molar-refractivity contribution in [2.24, 2.45) is 0 Å². The zero-order chi connectivity index (χ0) is 21.4. The fourth-order valence-corrected chi connectivity index (χ4v) is 3.33. The molecule has 0 saturated carbocycles. The molecule has 0 bridgehead atoms. The zero-order valence-electron chi connectivity index (χ0n) is 16.7. The van der Waals surface area contributed by atoms with Gasteiger partial charge >= 0.3 is 5.97 Å². The molecule has 1 aromatic heterocycles. The fourth-order valence-electron chi connectivity index (χ4n) is 2.49. The van der Waals surface area contributed by atoms with Gasteiger partial charge in [0.1, 0.15) is 0 Å². The van der Waals surface area contributed by atoms with Gasteiger partial charge in [0.05, 0.1) is 32.6 Å². The lowest BCUT2D eigenvalue weighted by atomic mass is 10.2. The van der Waals surface area contributed by atoms with Crippen molar-refractivity contribution in [3.8, 4) is 17.2 Å². The number of thiophene rings is 1. The Morgan fingerprint density at radius 1 is 0.966 bits per heavy atom. The highest BCUT2D eigenvalue weighted by Crippen LogP contribution is 2.39. The average molecular weight is 421 g/mol. The van der Waals surface area contributed by atoms with E-state index >= 15 is 0 Å². The molecule has 1 amide bonds. The first-order valence-corrected chi connectivity index (χ1v) is 9.54. The van der Waals surface area contributed by atoms with Crippen molar-refractivity contribution in [3.63, 3.8) is 0 Å². The number of ketones is 1. The van der Waals surface area contributed by atoms with Gasteiger partial charge in [-0.2, -0.15) is 0 Å². The van der Waals surface area contributed by atoms with Gasteiger partial charge in [0, 0.05) is 29.1 Å². The van der Waals surface area contributed by atoms with E-state index in [4.69, 9.17) is 18.9 Å². The highest BCUT2D eigenvalue weighted by atomic mass is 32.1. The zero-order valence-corrected chi connectivity index (χ0v) is 17.5. The number of esters is 1. The Morgan fingerprint density at radius 2 is 1.62 bits per heavy atom. The van der Waals surface area contributed by atoms with Crippen LogP contribution in [0.5, 0.6) is 17.2 Å². The minimum atomic E-state index is -0.619. The van der Waals surface area contributed by atoms with Crippen molar-refractivity contribution in [2.45, 2.75) is 19.8 Å². The summed E-state index contributed by atoms with van der Waals surface area (Å²) in [6.07, 6.45) is -0.0550. The Labute approximate surface area is 172 Å². The highest BCUT2D eigenvalue weighted by Gasteiger charge is 2.16. The number of ether oxygens (including phenoxy) is 4. The van der Waals surface area contributed by atoms with Gasteiger partial charge in [0.25, 0.3) is 5.91 Å². The summed E-state index contributed by atoms with van der Waals surface area (Å²) in [4.78, 5) is 37.5. The van der Waals surface area contributed by atoms with E-state index in [1.807, 2.05) is 13.0 Å². The fraction of sp³-hybridized carbons (Fsp3) is 0.350. The second-order valence-corrected chi connectivity index (χ2v) is 7.24. The van der Waals surface area contributed by atoms with Crippen LogP contribution in [0.1, 0.15) is 27.4 Å². The summed E-state index contributed by atoms with van der Waals surface area (Å²) < 4.78 is 20.6. The predicted octanol–water partition coefficient (Wildman–Crippen LogP) is 3.23. The first-order chi connectivity index (χ1) is 13.9. The van der Waals surface area contributed by atoms with Crippen molar-refractivity contribution in [2.75, 3.05) is 33.3 Å². The van der Waals surface area contributed by atoms with Crippen LogP contribution in [0.2, 0.25) is 0 Å². The van der Waals surface area contributed by atoms with Gasteiger partial charge in [0.2, 0.25) is 5.75 Å². The molecule has 9 heteroatoms. The highest BCUT2D eigenvalue weighted by molar-refractivity contribution is 7.14. The van der Waals surface area contributed by atoms with Crippen LogP contribution in [0.4, 0.5) is 5.69 Å². The molecule has 0 aliphatic carbocycles. The first-order valence-electron chi connectivity index (χ1n) is 8.73. The maximum absolute atomic E-state index is 12.1. The third kappa shape index (κ3) is 6.21. The number of Topliss-reactive ketones (excluding diaryl/α,β-unsaturated/α-hetero) is 1. The van der Waals surface area contributed by atoms with Gasteiger partial charge in [-0.3, -0.25) is 14.4 Å². The van der Waals surface area contributed by atoms with E-state index < -0.39 is 18.5 Å². The van der Waals surface area contributed by atoms with Gasteiger partial charge in [0.15, 0.2) is 23.9 Å². The van der Waals surface area contributed by atoms with Crippen molar-refractivity contribution in [1.29, 1.82) is 0 Å². The van der Waals surface area contributed by atoms with Gasteiger partial charge in [-0.25, -0.2) is 0 Å². The van der Waals surface area contributed by atoms with E-state index in [2.05, 4.69) is 5.32 Å². The lowest BCUT2D eigenvalue weighted by Gasteiger charge is -2.14. The maximum Gasteiger partial charge on any atom is 0.306 e. The summed E-state index contributed by atoms with van der Waals surface area (Å²) in [5.41, 5.74) is 0.392. The molecule has 156 valence electrons. The van der Waals surface area contributed by atoms with Crippen LogP contribution in [0, 0.1) is 6.92 Å². The minimum Gasteiger partial charge on any atom is -0.493 e. The molecule has 0 spiro atoms. The number of carbonyl (C=O) groups is 3. The summed E-state index contributed by atoms with van der Waals surface area (Å²) in [6, 6.07) is 6.70. The smallest absolute Gasteiger partial charge is 0.306 e. The Bertz CT molecular complexity index is 866. The van der Waals surface area contributed by atoms with E-state index in [0.29, 0.717) is 27.8 Å². The maximum atomic E-state index is 12.1. The van der Waals surface area contributed by atoms with Crippen molar-refractivity contribution >= 4 is 34.7 Å². The van der Waals surface area contributed by atoms with Gasteiger partial charge in [-0.1, -0.05) is 0 Å². The molecule has 0 aliphatic heterocycles. The molecule has 0 unspecified atom stereocenters. The van der Waals surface area contributed by atoms with Crippen molar-refractivity contribution in [1.82, 2.24) is 0 Å². The van der Waals surface area contributed by atoms with E-state index in [9.17, 15) is 14.4 Å². The van der Waals surface area contributed by atoms with Crippen LogP contribution in [-0.4, -0.2) is 45.6 Å². The molecular weight excluding hydrogens is 398 g/mol. The number of anilines is 1. The van der Waals surface area contributed by atoms with Crippen molar-refractivity contribution < 1.29 is 33.3 Å². The molecule has 1 N–H and O–H groups in total. The number of rotatable bonds is 10. The van der Waals surface area contributed by atoms with Crippen LogP contribution in [0.25, 0.3) is 0 Å². The number of aryl methyl sites for hydroxylation is 1. The van der Waals surface area contributed by atoms with Crippen LogP contribution in [-0.2, 0) is 14.3 Å². The molecule has 29 heavy (non-hydrogen) atoms. The molecule has 0 aliphatic rings. The average Bonchev–Trinajstić information content (AvgIpc) is 3.15. The second kappa shape index (κ2) is 10.5. The molecule has 0 fully saturated rings. The number of carbonyl (C=O) groups excluding carboxylic acids is 3. The molecule has 2 rings (SSSR count). The summed E-state index contributed by atoms with van der Waals surface area (Å²) in [5.74, 6) is -0.130. The normalized spacial score (nSPS) is 10.2. The Morgan fingerprint density at radius 3 is 2.14 bits per heavy atom. The number of methoxy groups -OCH3 is 3. The largest absolute Gasteiger partial charge is 0.493 e. The molecule has 0 saturated heterocycles. The molecular formula is C20H23NO7S. The third-order valence-electron chi connectivity index (χ3n) is 3.88. The number of hydrogen-bond acceptors (Lipinski definition) is 8. The van der Waals surface area contributed by atoms with Crippen LogP contribution in [0.3, 0.4) is 0 Å². The third-order valence-corrected chi connectivity index (χ3v) is 4.93. The molecule has 8 nitrogen and oxygen atoms in total. The lowest BCUT2D eigenvalue weighted by molar-refractivity contribution is -0.147. The van der Waals surface area contributed by atoms with Gasteiger partial charge < -0.3 is 24.3 Å². The number of benzene rings is 1. The minimum absolute atomic E-state index is 0.0350. The molecule has 1 aromatic carbocycles. The Hall–Kier alpha value is -3.07. The van der Waals surface area contributed by atoms with E-state index in [1.54, 1.807) is 18.2 Å². The van der Waals surface area contributed by atoms with Crippen LogP contribution in [0.15, 0.2) is 24.3 Å². The van der Waals surface area contributed by atoms with Gasteiger partial charge in [-0.15, -0.1) is 11.3 Å². The summed E-state index contributed by atoms with van der Waals surface area (Å²) in [5, 5.41) is 2.59. The van der Waals surface area contributed by atoms with Gasteiger partial charge in [-0.05, 0) is 19.1 Å². The van der Waals surface area contributed by atoms with Crippen LogP contribution >= 0.6 is 11.3 Å². The Balaban J connectivity index is 1.84. The SMILES string of the molecule is COc1cc(NC(=O)COC(=O)CCC(=O)c2ccc(C)s2)cc(OC)c1OC. The van der Waals surface area contributed by atoms with E-state index in [-0.39, 0.29) is 18.6 Å². The molecule has 0 atom stereocenters. The standard InChI is InChI=1S/C20H23NO7S/c1-12-5-7-17(29-12)14(22)6-8-19(24)28-11-18(23)21-13-9-15(25-2)20(27-4)16(10-13)26-3/h5,7,9-10H,6,8,11H2,1-4H3,(H,21,23). The predicted molar refractivity (Wildman–Crippen MR) is 108 cm³/mol. The van der Waals surface area contributed by atoms with Crippen LogP contribution < -0.4 is 19.5 Å². The summed E-state index contributed by atoms with van der Waals surface area (Å²) >= 11 is 1.38. The van der Waals surface area contributed by atoms with E-state index in [1.165, 1.54) is 32.7 Å². The number of nitrogens with one attached hydrogen (secondary N) is 1. The summed E-state index contributed by atoms with van der Waals surface area (Å²) in [7, 11) is 4.40. The number of amides is 1. The lowest BCUT2D eigenvalue weighted by Crippen LogP contribution is -2.21.